The molecular weight excluding hydrogens is 875 g/mol. The summed E-state index contributed by atoms with van der Waals surface area (Å²) in [7, 11) is 0. The van der Waals surface area contributed by atoms with Crippen LogP contribution in [-0.2, 0) is 14.3 Å². The summed E-state index contributed by atoms with van der Waals surface area (Å²) < 4.78 is 5.48. The Morgan fingerprint density at radius 3 is 1.10 bits per heavy atom. The first-order valence-corrected chi connectivity index (χ1v) is 31.8. The minimum absolute atomic E-state index is 0.00118. The van der Waals surface area contributed by atoms with E-state index in [0.29, 0.717) is 19.4 Å². The van der Waals surface area contributed by atoms with Crippen LogP contribution in [0.15, 0.2) is 36.5 Å². The van der Waals surface area contributed by atoms with Crippen molar-refractivity contribution >= 4 is 11.9 Å². The molecule has 0 saturated carbocycles. The molecule has 0 heterocycles. The highest BCUT2D eigenvalue weighted by atomic mass is 16.5. The number of aliphatic hydroxyl groups excluding tert-OH is 2. The zero-order valence-corrected chi connectivity index (χ0v) is 47.7. The molecule has 0 aliphatic heterocycles. The minimum atomic E-state index is -0.845. The maximum atomic E-state index is 12.5. The van der Waals surface area contributed by atoms with Crippen LogP contribution in [0.2, 0.25) is 0 Å². The third-order valence-electron chi connectivity index (χ3n) is 14.7. The molecule has 0 aromatic heterocycles. The molecule has 0 aliphatic carbocycles. The number of unbranched alkanes of at least 4 members (excludes halogenated alkanes) is 44. The van der Waals surface area contributed by atoms with Crippen molar-refractivity contribution in [2.24, 2.45) is 0 Å². The Morgan fingerprint density at radius 2 is 0.704 bits per heavy atom. The quantitative estimate of drug-likeness (QED) is 0.0321. The molecule has 0 aliphatic rings. The summed E-state index contributed by atoms with van der Waals surface area (Å²) >= 11 is 0. The van der Waals surface area contributed by atoms with E-state index in [9.17, 15) is 19.8 Å². The predicted molar refractivity (Wildman–Crippen MR) is 310 cm³/mol. The molecule has 0 bridgehead atoms. The number of ether oxygens (including phenoxy) is 1. The molecule has 6 nitrogen and oxygen atoms in total. The second-order valence-corrected chi connectivity index (χ2v) is 21.7. The lowest BCUT2D eigenvalue weighted by atomic mass is 10.0. The number of aliphatic hydroxyl groups is 2. The topological polar surface area (TPSA) is 95.9 Å². The maximum absolute atomic E-state index is 12.5. The van der Waals surface area contributed by atoms with Crippen molar-refractivity contribution < 1.29 is 24.5 Å². The molecule has 3 N–H and O–H groups in total. The van der Waals surface area contributed by atoms with Gasteiger partial charge in [-0.05, 0) is 64.2 Å². The van der Waals surface area contributed by atoms with Gasteiger partial charge < -0.3 is 20.3 Å². The molecule has 2 atom stereocenters. The van der Waals surface area contributed by atoms with Crippen molar-refractivity contribution in [3.8, 4) is 0 Å². The Bertz CT molecular complexity index is 1150. The fourth-order valence-corrected chi connectivity index (χ4v) is 9.78. The number of amides is 1. The van der Waals surface area contributed by atoms with Crippen LogP contribution in [0.3, 0.4) is 0 Å². The normalized spacial score (nSPS) is 12.8. The number of nitrogens with one attached hydrogen (secondary N) is 1. The average Bonchev–Trinajstić information content (AvgIpc) is 3.37. The van der Waals surface area contributed by atoms with E-state index in [2.05, 4.69) is 43.5 Å². The van der Waals surface area contributed by atoms with E-state index in [1.54, 1.807) is 6.08 Å². The van der Waals surface area contributed by atoms with Crippen LogP contribution >= 0.6 is 0 Å². The van der Waals surface area contributed by atoms with E-state index < -0.39 is 12.1 Å². The van der Waals surface area contributed by atoms with E-state index >= 15 is 0 Å². The van der Waals surface area contributed by atoms with Crippen LogP contribution < -0.4 is 5.32 Å². The number of carbonyl (C=O) groups is 2. The predicted octanol–water partition coefficient (Wildman–Crippen LogP) is 20.0. The summed E-state index contributed by atoms with van der Waals surface area (Å²) in [5, 5.41) is 23.2. The second-order valence-electron chi connectivity index (χ2n) is 21.7. The van der Waals surface area contributed by atoms with Crippen molar-refractivity contribution in [3.05, 3.63) is 36.5 Å². The third kappa shape index (κ3) is 57.2. The summed E-state index contributed by atoms with van der Waals surface area (Å²) in [6.45, 7) is 4.89. The molecule has 0 aromatic carbocycles. The van der Waals surface area contributed by atoms with Crippen molar-refractivity contribution in [1.29, 1.82) is 0 Å². The number of rotatable bonds is 59. The molecule has 0 fully saturated rings. The van der Waals surface area contributed by atoms with Gasteiger partial charge in [-0.25, -0.2) is 0 Å². The van der Waals surface area contributed by atoms with Crippen LogP contribution in [-0.4, -0.2) is 47.4 Å². The van der Waals surface area contributed by atoms with E-state index in [1.807, 2.05) is 6.08 Å². The fraction of sp³-hybridized carbons (Fsp3) is 0.877. The van der Waals surface area contributed by atoms with Crippen LogP contribution in [0.25, 0.3) is 0 Å². The third-order valence-corrected chi connectivity index (χ3v) is 14.7. The molecule has 0 aromatic rings. The molecule has 2 unspecified atom stereocenters. The van der Waals surface area contributed by atoms with Gasteiger partial charge in [0.2, 0.25) is 5.91 Å². The smallest absolute Gasteiger partial charge is 0.305 e. The highest BCUT2D eigenvalue weighted by molar-refractivity contribution is 5.76. The first-order chi connectivity index (χ1) is 35.0. The van der Waals surface area contributed by atoms with Gasteiger partial charge >= 0.3 is 5.97 Å². The highest BCUT2D eigenvalue weighted by Crippen LogP contribution is 2.18. The molecule has 418 valence electrons. The Morgan fingerprint density at radius 1 is 0.394 bits per heavy atom. The Kier molecular flexibility index (Phi) is 59.0. The summed E-state index contributed by atoms with van der Waals surface area (Å²) in [5.41, 5.74) is 0. The molecule has 0 radical (unpaired) electrons. The van der Waals surface area contributed by atoms with E-state index in [-0.39, 0.29) is 18.5 Å². The minimum Gasteiger partial charge on any atom is -0.466 e. The lowest BCUT2D eigenvalue weighted by Crippen LogP contribution is -2.45. The summed E-state index contributed by atoms with van der Waals surface area (Å²) in [6, 6.07) is -0.629. The monoisotopic (exact) mass is 998 g/mol. The number of esters is 1. The summed E-state index contributed by atoms with van der Waals surface area (Å²) in [6.07, 6.45) is 76.1. The van der Waals surface area contributed by atoms with Crippen LogP contribution in [0, 0.1) is 0 Å². The first kappa shape index (κ1) is 69.1. The van der Waals surface area contributed by atoms with Gasteiger partial charge in [-0.2, -0.15) is 0 Å². The standard InChI is InChI=1S/C65H123NO5/c1-3-5-7-9-11-13-15-17-19-26-30-33-37-41-45-49-53-57-63(68)62(61-67)66-64(69)58-54-50-46-42-38-34-31-27-24-22-20-21-23-25-28-32-36-40-44-48-52-56-60-71-65(70)59-55-51-47-43-39-35-29-18-16-14-12-10-8-6-4-2/h12,14,18,29,53,57,62-63,67-68H,3-11,13,15-17,19-28,30-52,54-56,58-61H2,1-2H3,(H,66,69)/b14-12-,29-18-,57-53+. The van der Waals surface area contributed by atoms with Crippen molar-refractivity contribution in [2.75, 3.05) is 13.2 Å². The average molecular weight is 999 g/mol. The van der Waals surface area contributed by atoms with Gasteiger partial charge in [-0.1, -0.05) is 301 Å². The number of hydrogen-bond acceptors (Lipinski definition) is 5. The van der Waals surface area contributed by atoms with Gasteiger partial charge in [0.05, 0.1) is 25.4 Å². The van der Waals surface area contributed by atoms with E-state index in [4.69, 9.17) is 4.74 Å². The maximum Gasteiger partial charge on any atom is 0.305 e. The highest BCUT2D eigenvalue weighted by Gasteiger charge is 2.18. The summed E-state index contributed by atoms with van der Waals surface area (Å²) in [5.74, 6) is -0.0676. The zero-order valence-electron chi connectivity index (χ0n) is 47.7. The molecule has 0 spiro atoms. The SMILES string of the molecule is CCCCC/C=C\C/C=C\CCCCCCCC(=O)OCCCCCCCCCCCCCCCCCCCCCCCCC(=O)NC(CO)C(O)/C=C/CCCCCCCCCCCCCCCCC. The largest absolute Gasteiger partial charge is 0.466 e. The van der Waals surface area contributed by atoms with Gasteiger partial charge in [0.1, 0.15) is 0 Å². The Labute approximate surface area is 443 Å². The van der Waals surface area contributed by atoms with Gasteiger partial charge in [0, 0.05) is 12.8 Å². The lowest BCUT2D eigenvalue weighted by Gasteiger charge is -2.20. The van der Waals surface area contributed by atoms with Crippen LogP contribution in [0.1, 0.15) is 341 Å². The lowest BCUT2D eigenvalue weighted by molar-refractivity contribution is -0.143. The van der Waals surface area contributed by atoms with Gasteiger partial charge in [0.25, 0.3) is 0 Å². The Balaban J connectivity index is 3.41. The van der Waals surface area contributed by atoms with Gasteiger partial charge in [-0.15, -0.1) is 0 Å². The second kappa shape index (κ2) is 60.6. The van der Waals surface area contributed by atoms with E-state index in [1.165, 1.54) is 263 Å². The van der Waals surface area contributed by atoms with Crippen LogP contribution in [0.4, 0.5) is 0 Å². The molecule has 71 heavy (non-hydrogen) atoms. The number of carbonyl (C=O) groups excluding carboxylic acids is 2. The van der Waals surface area contributed by atoms with Crippen molar-refractivity contribution in [1.82, 2.24) is 5.32 Å². The fourth-order valence-electron chi connectivity index (χ4n) is 9.78. The van der Waals surface area contributed by atoms with Crippen molar-refractivity contribution in [3.63, 3.8) is 0 Å². The molecule has 1 amide bonds. The molecule has 6 heteroatoms. The Hall–Kier alpha value is -1.92. The molecular formula is C65H123NO5. The number of allylic oxidation sites excluding steroid dienone is 5. The van der Waals surface area contributed by atoms with Crippen molar-refractivity contribution in [2.45, 2.75) is 353 Å². The van der Waals surface area contributed by atoms with Gasteiger partial charge in [0.15, 0.2) is 0 Å². The van der Waals surface area contributed by atoms with Gasteiger partial charge in [-0.3, -0.25) is 9.59 Å². The van der Waals surface area contributed by atoms with E-state index in [0.717, 1.165) is 51.4 Å². The molecule has 0 rings (SSSR count). The first-order valence-electron chi connectivity index (χ1n) is 31.8. The number of hydrogen-bond donors (Lipinski definition) is 3. The summed E-state index contributed by atoms with van der Waals surface area (Å²) in [4.78, 5) is 24.5. The molecule has 0 saturated heterocycles. The zero-order chi connectivity index (χ0) is 51.4. The van der Waals surface area contributed by atoms with Crippen LogP contribution in [0.5, 0.6) is 0 Å².